The molecule has 21 heavy (non-hydrogen) atoms. The standard InChI is InChI=1S/C15H18N2O4/c1-3-9-10(5-4-6-12(9)21-2)14(19)16-11-7-8-13(18)17-15(11)20/h4-6,11H,3,7-8H2,1-2H3,(H,16,19)(H,17,18,20). The molecule has 112 valence electrons. The predicted molar refractivity (Wildman–Crippen MR) is 76.0 cm³/mol. The van der Waals surface area contributed by atoms with Crippen molar-refractivity contribution in [3.8, 4) is 5.75 Å². The van der Waals surface area contributed by atoms with E-state index in [1.54, 1.807) is 25.3 Å². The van der Waals surface area contributed by atoms with Crippen LogP contribution in [0.1, 0.15) is 35.7 Å². The van der Waals surface area contributed by atoms with Crippen molar-refractivity contribution in [3.63, 3.8) is 0 Å². The first-order valence-electron chi connectivity index (χ1n) is 6.87. The minimum atomic E-state index is -0.675. The quantitative estimate of drug-likeness (QED) is 0.803. The summed E-state index contributed by atoms with van der Waals surface area (Å²) in [5, 5.41) is 4.89. The summed E-state index contributed by atoms with van der Waals surface area (Å²) in [7, 11) is 1.55. The van der Waals surface area contributed by atoms with Gasteiger partial charge in [-0.1, -0.05) is 13.0 Å². The number of piperidine rings is 1. The van der Waals surface area contributed by atoms with Crippen LogP contribution in [0.5, 0.6) is 5.75 Å². The fraction of sp³-hybridized carbons (Fsp3) is 0.400. The lowest BCUT2D eigenvalue weighted by atomic mass is 10.0. The Balaban J connectivity index is 2.17. The maximum Gasteiger partial charge on any atom is 0.252 e. The number of benzene rings is 1. The van der Waals surface area contributed by atoms with E-state index in [2.05, 4.69) is 10.6 Å². The van der Waals surface area contributed by atoms with Crippen LogP contribution < -0.4 is 15.4 Å². The molecule has 1 saturated heterocycles. The molecule has 3 amide bonds. The third-order valence-electron chi connectivity index (χ3n) is 3.50. The Morgan fingerprint density at radius 2 is 2.19 bits per heavy atom. The topological polar surface area (TPSA) is 84.5 Å². The molecule has 6 heteroatoms. The Bertz CT molecular complexity index is 583. The number of methoxy groups -OCH3 is 1. The lowest BCUT2D eigenvalue weighted by molar-refractivity contribution is -0.134. The van der Waals surface area contributed by atoms with E-state index < -0.39 is 11.9 Å². The molecule has 2 rings (SSSR count). The molecule has 2 N–H and O–H groups in total. The maximum absolute atomic E-state index is 12.4. The molecule has 1 aromatic carbocycles. The molecule has 0 aliphatic carbocycles. The Labute approximate surface area is 122 Å². The van der Waals surface area contributed by atoms with Gasteiger partial charge in [0.15, 0.2) is 0 Å². The number of nitrogens with one attached hydrogen (secondary N) is 2. The van der Waals surface area contributed by atoms with E-state index in [0.29, 0.717) is 24.2 Å². The summed E-state index contributed by atoms with van der Waals surface area (Å²) in [6.45, 7) is 1.93. The van der Waals surface area contributed by atoms with Crippen molar-refractivity contribution < 1.29 is 19.1 Å². The van der Waals surface area contributed by atoms with Crippen LogP contribution in [-0.2, 0) is 16.0 Å². The average Bonchev–Trinajstić information content (AvgIpc) is 2.49. The zero-order valence-electron chi connectivity index (χ0n) is 12.1. The van der Waals surface area contributed by atoms with Gasteiger partial charge in [0.05, 0.1) is 7.11 Å². The number of amides is 3. The van der Waals surface area contributed by atoms with Crippen molar-refractivity contribution in [2.45, 2.75) is 32.2 Å². The second-order valence-electron chi connectivity index (χ2n) is 4.82. The number of hydrogen-bond acceptors (Lipinski definition) is 4. The van der Waals surface area contributed by atoms with Crippen LogP contribution in [0.4, 0.5) is 0 Å². The summed E-state index contributed by atoms with van der Waals surface area (Å²) in [5.41, 5.74) is 1.28. The highest BCUT2D eigenvalue weighted by Crippen LogP contribution is 2.23. The zero-order chi connectivity index (χ0) is 15.4. The van der Waals surface area contributed by atoms with Gasteiger partial charge in [-0.25, -0.2) is 0 Å². The summed E-state index contributed by atoms with van der Waals surface area (Å²) in [6.07, 6.45) is 1.19. The number of rotatable bonds is 4. The molecule has 1 aliphatic heterocycles. The van der Waals surface area contributed by atoms with Crippen LogP contribution in [0.2, 0.25) is 0 Å². The third kappa shape index (κ3) is 3.21. The van der Waals surface area contributed by atoms with E-state index in [1.165, 1.54) is 0 Å². The van der Waals surface area contributed by atoms with Gasteiger partial charge < -0.3 is 10.1 Å². The molecule has 1 aliphatic rings. The highest BCUT2D eigenvalue weighted by atomic mass is 16.5. The molecule has 0 saturated carbocycles. The minimum Gasteiger partial charge on any atom is -0.496 e. The zero-order valence-corrected chi connectivity index (χ0v) is 12.1. The van der Waals surface area contributed by atoms with E-state index >= 15 is 0 Å². The number of carbonyl (C=O) groups is 3. The van der Waals surface area contributed by atoms with Gasteiger partial charge in [-0.3, -0.25) is 19.7 Å². The molecular formula is C15H18N2O4. The van der Waals surface area contributed by atoms with Gasteiger partial charge in [0.1, 0.15) is 11.8 Å². The van der Waals surface area contributed by atoms with Crippen LogP contribution in [0, 0.1) is 0 Å². The number of hydrogen-bond donors (Lipinski definition) is 2. The third-order valence-corrected chi connectivity index (χ3v) is 3.50. The van der Waals surface area contributed by atoms with Crippen LogP contribution in [0.25, 0.3) is 0 Å². The van der Waals surface area contributed by atoms with Crippen LogP contribution in [-0.4, -0.2) is 30.9 Å². The Hall–Kier alpha value is -2.37. The van der Waals surface area contributed by atoms with E-state index in [-0.39, 0.29) is 18.2 Å². The van der Waals surface area contributed by atoms with Crippen molar-refractivity contribution in [2.75, 3.05) is 7.11 Å². The summed E-state index contributed by atoms with van der Waals surface area (Å²) >= 11 is 0. The fourth-order valence-corrected chi connectivity index (χ4v) is 2.40. The molecule has 0 bridgehead atoms. The van der Waals surface area contributed by atoms with Crippen molar-refractivity contribution in [1.29, 1.82) is 0 Å². The van der Waals surface area contributed by atoms with Gasteiger partial charge >= 0.3 is 0 Å². The molecule has 1 atom stereocenters. The van der Waals surface area contributed by atoms with E-state index in [1.807, 2.05) is 6.92 Å². The summed E-state index contributed by atoms with van der Waals surface area (Å²) in [4.78, 5) is 35.1. The van der Waals surface area contributed by atoms with E-state index in [0.717, 1.165) is 5.56 Å². The second-order valence-corrected chi connectivity index (χ2v) is 4.82. The Kier molecular flexibility index (Phi) is 4.57. The van der Waals surface area contributed by atoms with Gasteiger partial charge in [-0.2, -0.15) is 0 Å². The molecule has 6 nitrogen and oxygen atoms in total. The van der Waals surface area contributed by atoms with Crippen molar-refractivity contribution in [1.82, 2.24) is 10.6 Å². The molecular weight excluding hydrogens is 272 g/mol. The van der Waals surface area contributed by atoms with Gasteiger partial charge in [0.25, 0.3) is 5.91 Å². The molecule has 1 fully saturated rings. The largest absolute Gasteiger partial charge is 0.496 e. The van der Waals surface area contributed by atoms with Gasteiger partial charge in [-0.05, 0) is 25.0 Å². The highest BCUT2D eigenvalue weighted by Gasteiger charge is 2.28. The first kappa shape index (κ1) is 15.0. The second kappa shape index (κ2) is 6.39. The van der Waals surface area contributed by atoms with E-state index in [4.69, 9.17) is 4.74 Å². The minimum absolute atomic E-state index is 0.232. The Morgan fingerprint density at radius 3 is 2.81 bits per heavy atom. The van der Waals surface area contributed by atoms with Gasteiger partial charge in [-0.15, -0.1) is 0 Å². The van der Waals surface area contributed by atoms with E-state index in [9.17, 15) is 14.4 Å². The molecule has 1 heterocycles. The van der Waals surface area contributed by atoms with Crippen molar-refractivity contribution in [3.05, 3.63) is 29.3 Å². The van der Waals surface area contributed by atoms with Crippen LogP contribution in [0.3, 0.4) is 0 Å². The predicted octanol–water partition coefficient (Wildman–Crippen LogP) is 0.793. The Morgan fingerprint density at radius 1 is 1.43 bits per heavy atom. The molecule has 0 aromatic heterocycles. The fourth-order valence-electron chi connectivity index (χ4n) is 2.40. The molecule has 0 radical (unpaired) electrons. The highest BCUT2D eigenvalue weighted by molar-refractivity contribution is 6.04. The number of carbonyl (C=O) groups excluding carboxylic acids is 3. The maximum atomic E-state index is 12.4. The lowest BCUT2D eigenvalue weighted by Gasteiger charge is -2.22. The average molecular weight is 290 g/mol. The first-order chi connectivity index (χ1) is 10.1. The SMILES string of the molecule is CCc1c(OC)cccc1C(=O)NC1CCC(=O)NC1=O. The lowest BCUT2D eigenvalue weighted by Crippen LogP contribution is -2.52. The molecule has 1 aromatic rings. The number of imide groups is 1. The summed E-state index contributed by atoms with van der Waals surface area (Å²) < 4.78 is 5.25. The number of ether oxygens (including phenoxy) is 1. The van der Waals surface area contributed by atoms with Crippen molar-refractivity contribution >= 4 is 17.7 Å². The monoisotopic (exact) mass is 290 g/mol. The van der Waals surface area contributed by atoms with Crippen molar-refractivity contribution in [2.24, 2.45) is 0 Å². The van der Waals surface area contributed by atoms with Gasteiger partial charge in [0, 0.05) is 17.5 Å². The van der Waals surface area contributed by atoms with Gasteiger partial charge in [0.2, 0.25) is 11.8 Å². The molecule has 0 spiro atoms. The normalized spacial score (nSPS) is 18.1. The van der Waals surface area contributed by atoms with Crippen LogP contribution in [0.15, 0.2) is 18.2 Å². The smallest absolute Gasteiger partial charge is 0.252 e. The molecule has 1 unspecified atom stereocenters. The summed E-state index contributed by atoms with van der Waals surface area (Å²) in [5.74, 6) is -0.449. The van der Waals surface area contributed by atoms with Crippen LogP contribution >= 0.6 is 0 Å². The summed E-state index contributed by atoms with van der Waals surface area (Å²) in [6, 6.07) is 4.55. The first-order valence-corrected chi connectivity index (χ1v) is 6.87.